The van der Waals surface area contributed by atoms with Crippen LogP contribution in [0, 0.1) is 0 Å². The van der Waals surface area contributed by atoms with Crippen LogP contribution in [0.15, 0.2) is 55.1 Å². The zero-order chi connectivity index (χ0) is 24.9. The van der Waals surface area contributed by atoms with E-state index in [-0.39, 0.29) is 11.4 Å². The third-order valence-electron chi connectivity index (χ3n) is 7.02. The van der Waals surface area contributed by atoms with Crippen LogP contribution in [0.3, 0.4) is 0 Å². The van der Waals surface area contributed by atoms with Gasteiger partial charge in [0.15, 0.2) is 0 Å². The summed E-state index contributed by atoms with van der Waals surface area (Å²) in [7, 11) is 1.75. The molecule has 1 aliphatic heterocycles. The molecule has 34 heavy (non-hydrogen) atoms. The minimum Gasteiger partial charge on any atom is -0.495 e. The average Bonchev–Trinajstić information content (AvgIpc) is 2.82. The minimum absolute atomic E-state index is 0.0191. The quantitative estimate of drug-likeness (QED) is 0.476. The Morgan fingerprint density at radius 3 is 2.44 bits per heavy atom. The average molecular weight is 464 g/mol. The van der Waals surface area contributed by atoms with Gasteiger partial charge in [-0.25, -0.2) is 0 Å². The van der Waals surface area contributed by atoms with Crippen LogP contribution in [-0.2, 0) is 6.42 Å². The molecular formula is C29H41N3O2. The van der Waals surface area contributed by atoms with Gasteiger partial charge in [-0.05, 0) is 70.4 Å². The number of carbonyl (C=O) groups excluding carboxylic acids is 1. The van der Waals surface area contributed by atoms with Crippen molar-refractivity contribution in [3.05, 3.63) is 71.8 Å². The fourth-order valence-corrected chi connectivity index (χ4v) is 4.99. The van der Waals surface area contributed by atoms with Crippen LogP contribution in [-0.4, -0.2) is 67.1 Å². The van der Waals surface area contributed by atoms with Gasteiger partial charge in [0.2, 0.25) is 0 Å². The van der Waals surface area contributed by atoms with Crippen LogP contribution in [0.1, 0.15) is 56.1 Å². The second-order valence-corrected chi connectivity index (χ2v) is 9.80. The van der Waals surface area contributed by atoms with Gasteiger partial charge in [0, 0.05) is 49.9 Å². The lowest BCUT2D eigenvalue weighted by atomic mass is 9.93. The molecule has 2 aromatic rings. The van der Waals surface area contributed by atoms with Crippen LogP contribution in [0.2, 0.25) is 0 Å². The Morgan fingerprint density at radius 2 is 1.85 bits per heavy atom. The first-order chi connectivity index (χ1) is 16.2. The molecule has 1 aliphatic rings. The van der Waals surface area contributed by atoms with Crippen LogP contribution < -0.4 is 9.64 Å². The van der Waals surface area contributed by atoms with Crippen molar-refractivity contribution in [2.45, 2.75) is 52.6 Å². The lowest BCUT2D eigenvalue weighted by Crippen LogP contribution is -2.62. The molecule has 5 heteroatoms. The molecule has 5 nitrogen and oxygen atoms in total. The maximum atomic E-state index is 12.7. The molecule has 0 saturated carbocycles. The van der Waals surface area contributed by atoms with Crippen molar-refractivity contribution in [1.29, 1.82) is 0 Å². The molecule has 184 valence electrons. The van der Waals surface area contributed by atoms with Gasteiger partial charge in [-0.15, -0.1) is 6.58 Å². The molecule has 0 radical (unpaired) electrons. The van der Waals surface area contributed by atoms with Crippen LogP contribution in [0.4, 0.5) is 5.69 Å². The van der Waals surface area contributed by atoms with Crippen molar-refractivity contribution in [2.24, 2.45) is 0 Å². The van der Waals surface area contributed by atoms with E-state index in [4.69, 9.17) is 4.74 Å². The van der Waals surface area contributed by atoms with Crippen molar-refractivity contribution in [3.8, 4) is 5.75 Å². The van der Waals surface area contributed by atoms with Crippen LogP contribution in [0.25, 0.3) is 0 Å². The van der Waals surface area contributed by atoms with Gasteiger partial charge in [-0.2, -0.15) is 0 Å². The summed E-state index contributed by atoms with van der Waals surface area (Å²) in [4.78, 5) is 19.5. The number of hydrogen-bond donors (Lipinski definition) is 0. The summed E-state index contributed by atoms with van der Waals surface area (Å²) >= 11 is 0. The molecule has 0 aliphatic carbocycles. The molecule has 1 atom stereocenters. The Hall–Kier alpha value is -2.79. The first-order valence-electron chi connectivity index (χ1n) is 12.4. The maximum Gasteiger partial charge on any atom is 0.253 e. The van der Waals surface area contributed by atoms with E-state index >= 15 is 0 Å². The fourth-order valence-electron chi connectivity index (χ4n) is 4.99. The highest BCUT2D eigenvalue weighted by atomic mass is 16.5. The van der Waals surface area contributed by atoms with E-state index in [9.17, 15) is 4.79 Å². The van der Waals surface area contributed by atoms with E-state index in [1.165, 1.54) is 16.8 Å². The highest BCUT2D eigenvalue weighted by Gasteiger charge is 2.38. The summed E-state index contributed by atoms with van der Waals surface area (Å²) in [6, 6.07) is 14.7. The summed E-state index contributed by atoms with van der Waals surface area (Å²) in [6.07, 6.45) is 2.78. The summed E-state index contributed by atoms with van der Waals surface area (Å²) in [5.41, 5.74) is 4.36. The summed E-state index contributed by atoms with van der Waals surface area (Å²) in [5.74, 6) is 0.998. The van der Waals surface area contributed by atoms with E-state index in [0.717, 1.165) is 50.5 Å². The van der Waals surface area contributed by atoms with E-state index in [0.29, 0.717) is 6.04 Å². The van der Waals surface area contributed by atoms with Crippen molar-refractivity contribution in [3.63, 3.8) is 0 Å². The van der Waals surface area contributed by atoms with E-state index in [2.05, 4.69) is 67.5 Å². The third-order valence-corrected chi connectivity index (χ3v) is 7.02. The van der Waals surface area contributed by atoms with E-state index in [1.54, 1.807) is 7.11 Å². The molecule has 0 aromatic heterocycles. The molecule has 1 amide bonds. The van der Waals surface area contributed by atoms with Crippen molar-refractivity contribution in [2.75, 3.05) is 44.7 Å². The normalized spacial score (nSPS) is 17.9. The predicted octanol–water partition coefficient (Wildman–Crippen LogP) is 5.24. The zero-order valence-electron chi connectivity index (χ0n) is 21.8. The van der Waals surface area contributed by atoms with Gasteiger partial charge in [0.1, 0.15) is 5.75 Å². The monoisotopic (exact) mass is 463 g/mol. The van der Waals surface area contributed by atoms with Gasteiger partial charge >= 0.3 is 0 Å². The third kappa shape index (κ3) is 5.47. The molecule has 1 fully saturated rings. The number of hydrogen-bond acceptors (Lipinski definition) is 4. The Morgan fingerprint density at radius 1 is 1.18 bits per heavy atom. The first kappa shape index (κ1) is 25.8. The highest BCUT2D eigenvalue weighted by molar-refractivity contribution is 5.94. The van der Waals surface area contributed by atoms with E-state index < -0.39 is 0 Å². The summed E-state index contributed by atoms with van der Waals surface area (Å²) in [5, 5.41) is 0. The number of amides is 1. The number of methoxy groups -OCH3 is 1. The van der Waals surface area contributed by atoms with Gasteiger partial charge in [0.05, 0.1) is 12.8 Å². The number of carbonyl (C=O) groups is 1. The molecule has 3 rings (SSSR count). The Bertz CT molecular complexity index is 979. The maximum absolute atomic E-state index is 12.7. The minimum atomic E-state index is 0.0191. The molecule has 0 bridgehead atoms. The van der Waals surface area contributed by atoms with Crippen molar-refractivity contribution in [1.82, 2.24) is 9.80 Å². The second-order valence-electron chi connectivity index (χ2n) is 9.80. The first-order valence-corrected chi connectivity index (χ1v) is 12.4. The molecule has 0 spiro atoms. The van der Waals surface area contributed by atoms with Crippen LogP contribution >= 0.6 is 0 Å². The van der Waals surface area contributed by atoms with Gasteiger partial charge in [-0.3, -0.25) is 9.69 Å². The smallest absolute Gasteiger partial charge is 0.253 e. The molecule has 1 unspecified atom stereocenters. The zero-order valence-corrected chi connectivity index (χ0v) is 21.8. The largest absolute Gasteiger partial charge is 0.495 e. The number of para-hydroxylation sites is 1. The summed E-state index contributed by atoms with van der Waals surface area (Å²) in [6.45, 7) is 19.1. The summed E-state index contributed by atoms with van der Waals surface area (Å²) < 4.78 is 5.85. The highest BCUT2D eigenvalue weighted by Crippen LogP contribution is 2.38. The Kier molecular flexibility index (Phi) is 8.42. The SMILES string of the molecule is C=CCN1CC(C)N(c2c(Cc3ccc(C(=O)N(CC)CC)cc3)cccc2OC)CC1(C)C. The number of piperazine rings is 1. The van der Waals surface area contributed by atoms with E-state index in [1.807, 2.05) is 37.0 Å². The lowest BCUT2D eigenvalue weighted by molar-refractivity contribution is 0.0773. The molecule has 1 saturated heterocycles. The van der Waals surface area contributed by atoms with Gasteiger partial charge < -0.3 is 14.5 Å². The number of nitrogens with zero attached hydrogens (tertiary/aromatic N) is 3. The topological polar surface area (TPSA) is 36.0 Å². The number of anilines is 1. The Labute approximate surface area is 206 Å². The lowest BCUT2D eigenvalue weighted by Gasteiger charge is -2.51. The molecular weight excluding hydrogens is 422 g/mol. The predicted molar refractivity (Wildman–Crippen MR) is 142 cm³/mol. The van der Waals surface area contributed by atoms with Crippen molar-refractivity contribution < 1.29 is 9.53 Å². The van der Waals surface area contributed by atoms with Gasteiger partial charge in [-0.1, -0.05) is 30.3 Å². The Balaban J connectivity index is 1.90. The van der Waals surface area contributed by atoms with Crippen LogP contribution in [0.5, 0.6) is 5.75 Å². The number of ether oxygens (including phenoxy) is 1. The second kappa shape index (κ2) is 11.1. The number of rotatable bonds is 9. The molecule has 2 aromatic carbocycles. The van der Waals surface area contributed by atoms with Gasteiger partial charge in [0.25, 0.3) is 5.91 Å². The standard InChI is InChI=1S/C29H41N3O2/c1-8-18-31-20-22(4)32(21-29(31,5)6)27-25(12-11-13-26(27)34-7)19-23-14-16-24(17-15-23)28(33)30(9-2)10-3/h8,11-17,22H,1,9-10,18-21H2,2-7H3. The van der Waals surface area contributed by atoms with Crippen molar-refractivity contribution >= 4 is 11.6 Å². The molecule has 1 heterocycles. The number of benzene rings is 2. The molecule has 0 N–H and O–H groups in total. The fraction of sp³-hybridized carbons (Fsp3) is 0.483.